The highest BCUT2D eigenvalue weighted by molar-refractivity contribution is 7.73. The van der Waals surface area contributed by atoms with Crippen molar-refractivity contribution in [2.75, 3.05) is 13.7 Å². The molecule has 0 bridgehead atoms. The van der Waals surface area contributed by atoms with Crippen LogP contribution in [0.25, 0.3) is 0 Å². The quantitative estimate of drug-likeness (QED) is 0.305. The summed E-state index contributed by atoms with van der Waals surface area (Å²) < 4.78 is 41.8. The minimum atomic E-state index is -2.51. The third-order valence-corrected chi connectivity index (χ3v) is 8.82. The van der Waals surface area contributed by atoms with E-state index in [-0.39, 0.29) is 12.7 Å². The number of hydrogen-bond donors (Lipinski definition) is 1. The molecular formula is C28H39BO6S. The average Bonchev–Trinajstić information content (AvgIpc) is 2.93. The monoisotopic (exact) mass is 514 g/mol. The van der Waals surface area contributed by atoms with E-state index in [0.717, 1.165) is 16.6 Å². The van der Waals surface area contributed by atoms with Crippen molar-refractivity contribution in [2.24, 2.45) is 0 Å². The molecule has 0 aromatic heterocycles. The highest BCUT2D eigenvalue weighted by Crippen LogP contribution is 2.34. The van der Waals surface area contributed by atoms with Crippen molar-refractivity contribution >= 4 is 28.9 Å². The van der Waals surface area contributed by atoms with E-state index in [4.69, 9.17) is 14.1 Å². The van der Waals surface area contributed by atoms with Gasteiger partial charge in [0.15, 0.2) is 5.78 Å². The van der Waals surface area contributed by atoms with Crippen molar-refractivity contribution in [1.29, 1.82) is 0 Å². The van der Waals surface area contributed by atoms with E-state index >= 15 is 0 Å². The Labute approximate surface area is 217 Å². The molecule has 2 aromatic rings. The first-order chi connectivity index (χ1) is 16.9. The van der Waals surface area contributed by atoms with E-state index < -0.39 is 27.2 Å². The highest BCUT2D eigenvalue weighted by Gasteiger charge is 2.45. The molecule has 0 N–H and O–H groups in total. The number of hydrogen-bond acceptors (Lipinski definition) is 6. The van der Waals surface area contributed by atoms with Crippen LogP contribution in [0.4, 0.5) is 0 Å². The van der Waals surface area contributed by atoms with Gasteiger partial charge < -0.3 is 14.1 Å². The van der Waals surface area contributed by atoms with Crippen LogP contribution in [0.5, 0.6) is 5.75 Å². The number of benzene rings is 2. The fraction of sp³-hybridized carbons (Fsp3) is 0.536. The Bertz CT molecular complexity index is 1150. The molecule has 0 aliphatic carbocycles. The van der Waals surface area contributed by atoms with Gasteiger partial charge in [-0.1, -0.05) is 42.8 Å². The van der Waals surface area contributed by atoms with Gasteiger partial charge in [-0.15, -0.1) is 0 Å². The first-order valence-electron chi connectivity index (χ1n) is 12.7. The number of rotatable bonds is 9. The summed E-state index contributed by atoms with van der Waals surface area (Å²) in [6, 6.07) is 11.3. The van der Waals surface area contributed by atoms with Crippen LogP contribution < -0.4 is 10.2 Å². The fourth-order valence-electron chi connectivity index (χ4n) is 4.50. The van der Waals surface area contributed by atoms with Gasteiger partial charge in [-0.3, -0.25) is 4.79 Å². The van der Waals surface area contributed by atoms with Crippen molar-refractivity contribution in [1.82, 2.24) is 0 Å². The molecule has 0 radical (unpaired) electrons. The number of carbonyl (C=O) groups is 1. The number of methoxy groups -OCH3 is 1. The number of aryl methyl sites for hydroxylation is 2. The van der Waals surface area contributed by atoms with Crippen LogP contribution >= 0.6 is 0 Å². The summed E-state index contributed by atoms with van der Waals surface area (Å²) in [4.78, 5) is 13.8. The Morgan fingerprint density at radius 2 is 1.78 bits per heavy atom. The molecule has 3 rings (SSSR count). The van der Waals surface area contributed by atoms with Crippen LogP contribution in [0.1, 0.15) is 74.5 Å². The zero-order valence-corrected chi connectivity index (χ0v) is 23.4. The van der Waals surface area contributed by atoms with Gasteiger partial charge in [-0.25, -0.2) is 8.42 Å². The number of ketones is 1. The fourth-order valence-corrected chi connectivity index (χ4v) is 5.14. The molecule has 8 heteroatoms. The lowest BCUT2D eigenvalue weighted by molar-refractivity contribution is -0.120. The summed E-state index contributed by atoms with van der Waals surface area (Å²) in [7, 11) is -0.932. The normalized spacial score (nSPS) is 18.1. The van der Waals surface area contributed by atoms with Gasteiger partial charge in [-0.05, 0) is 77.3 Å². The van der Waals surface area contributed by atoms with Crippen LogP contribution in [0.2, 0.25) is 6.32 Å². The molecule has 1 aliphatic heterocycles. The van der Waals surface area contributed by atoms with Crippen LogP contribution in [0.3, 0.4) is 0 Å². The summed E-state index contributed by atoms with van der Waals surface area (Å²) in [5.41, 5.74) is 2.74. The second kappa shape index (κ2) is 11.5. The van der Waals surface area contributed by atoms with Crippen LogP contribution in [0, 0.1) is 6.92 Å². The molecule has 36 heavy (non-hydrogen) atoms. The molecule has 1 fully saturated rings. The van der Waals surface area contributed by atoms with Gasteiger partial charge in [-0.2, -0.15) is 0 Å². The maximum atomic E-state index is 13.8. The van der Waals surface area contributed by atoms with E-state index in [1.807, 2.05) is 71.9 Å². The maximum Gasteiger partial charge on any atom is 0.330 e. The summed E-state index contributed by atoms with van der Waals surface area (Å²) in [5.74, 6) is 0.476. The first-order valence-corrected chi connectivity index (χ1v) is 13.9. The van der Waals surface area contributed by atoms with Gasteiger partial charge in [0.1, 0.15) is 16.5 Å². The van der Waals surface area contributed by atoms with E-state index in [2.05, 4.69) is 0 Å². The third-order valence-electron chi connectivity index (χ3n) is 7.60. The Morgan fingerprint density at radius 1 is 1.11 bits per heavy atom. The Balaban J connectivity index is 2.12. The van der Waals surface area contributed by atoms with Crippen molar-refractivity contribution < 1.29 is 27.3 Å². The van der Waals surface area contributed by atoms with Gasteiger partial charge in [0, 0.05) is 17.7 Å². The molecule has 0 spiro atoms. The van der Waals surface area contributed by atoms with Gasteiger partial charge >= 0.3 is 6.92 Å². The molecule has 1 unspecified atom stereocenters. The average molecular weight is 514 g/mol. The molecule has 6 nitrogen and oxygen atoms in total. The van der Waals surface area contributed by atoms with Crippen LogP contribution in [-0.2, 0) is 26.5 Å². The molecule has 2 aromatic carbocycles. The minimum Gasteiger partial charge on any atom is -0.496 e. The molecule has 1 aliphatic rings. The molecule has 196 valence electrons. The third kappa shape index (κ3) is 6.21. The SMILES string of the molecule is CCC(CCc1cc(B2CCOC(C)(C)C(C)(C)O2)c(C(=O)c2ccc(C)cc2)cc1OC)[SH](=O)=O. The van der Waals surface area contributed by atoms with Crippen LogP contribution in [-0.4, -0.2) is 51.3 Å². The van der Waals surface area contributed by atoms with Crippen molar-refractivity contribution in [3.05, 3.63) is 58.7 Å². The van der Waals surface area contributed by atoms with Crippen molar-refractivity contribution in [3.8, 4) is 5.75 Å². The van der Waals surface area contributed by atoms with Crippen molar-refractivity contribution in [3.63, 3.8) is 0 Å². The van der Waals surface area contributed by atoms with Gasteiger partial charge in [0.05, 0.1) is 23.6 Å². The summed E-state index contributed by atoms with van der Waals surface area (Å²) in [5, 5.41) is -0.399. The molecular weight excluding hydrogens is 475 g/mol. The Morgan fingerprint density at radius 3 is 2.36 bits per heavy atom. The first kappa shape index (κ1) is 28.4. The van der Waals surface area contributed by atoms with E-state index in [0.29, 0.717) is 49.1 Å². The largest absolute Gasteiger partial charge is 0.496 e. The number of thiol groups is 1. The molecule has 1 atom stereocenters. The molecule has 1 heterocycles. The maximum absolute atomic E-state index is 13.8. The zero-order chi connectivity index (χ0) is 26.7. The number of carbonyl (C=O) groups excluding carboxylic acids is 1. The lowest BCUT2D eigenvalue weighted by Crippen LogP contribution is -2.52. The van der Waals surface area contributed by atoms with Crippen LogP contribution in [0.15, 0.2) is 36.4 Å². The summed E-state index contributed by atoms with van der Waals surface area (Å²) in [6.07, 6.45) is 2.17. The van der Waals surface area contributed by atoms with E-state index in [9.17, 15) is 13.2 Å². The minimum absolute atomic E-state index is 0.102. The van der Waals surface area contributed by atoms with Gasteiger partial charge in [0.25, 0.3) is 0 Å². The highest BCUT2D eigenvalue weighted by atomic mass is 32.2. The smallest absolute Gasteiger partial charge is 0.330 e. The second-order valence-electron chi connectivity index (χ2n) is 10.6. The molecule has 0 saturated carbocycles. The zero-order valence-electron chi connectivity index (χ0n) is 22.6. The summed E-state index contributed by atoms with van der Waals surface area (Å²) in [6.45, 7) is 12.0. The number of ether oxygens (including phenoxy) is 2. The Kier molecular flexibility index (Phi) is 9.07. The predicted octanol–water partition coefficient (Wildman–Crippen LogP) is 4.36. The molecule has 1 saturated heterocycles. The Hall–Kier alpha value is -2.16. The van der Waals surface area contributed by atoms with Gasteiger partial charge in [0.2, 0.25) is 0 Å². The lowest BCUT2D eigenvalue weighted by Gasteiger charge is -2.40. The second-order valence-corrected chi connectivity index (χ2v) is 11.9. The van der Waals surface area contributed by atoms with E-state index in [1.54, 1.807) is 13.2 Å². The van der Waals surface area contributed by atoms with Crippen molar-refractivity contribution in [2.45, 2.75) is 83.6 Å². The molecule has 0 amide bonds. The predicted molar refractivity (Wildman–Crippen MR) is 146 cm³/mol. The summed E-state index contributed by atoms with van der Waals surface area (Å²) >= 11 is 0. The van der Waals surface area contributed by atoms with E-state index in [1.165, 1.54) is 0 Å². The standard InChI is InChI=1S/C28H39BO6S/c1-8-22(36(31)32)14-13-21-17-24(29-15-16-34-27(3,4)28(5,6)35-29)23(18-25(21)33-7)26(30)20-11-9-19(2)10-12-20/h9-12,17-18,22,36H,8,13-16H2,1-7H3. The topological polar surface area (TPSA) is 78.9 Å². The lowest BCUT2D eigenvalue weighted by atomic mass is 9.55.